The van der Waals surface area contributed by atoms with Gasteiger partial charge in [0.05, 0.1) is 10.9 Å². The van der Waals surface area contributed by atoms with Crippen LogP contribution in [-0.2, 0) is 6.54 Å². The molecule has 2 aromatic rings. The second-order valence-corrected chi connectivity index (χ2v) is 3.63. The Balaban J connectivity index is 2.78. The first-order valence-corrected chi connectivity index (χ1v) is 5.07. The second kappa shape index (κ2) is 4.19. The fourth-order valence-electron chi connectivity index (χ4n) is 1.49. The lowest BCUT2D eigenvalue weighted by molar-refractivity contribution is 0.628. The minimum absolute atomic E-state index is 0.0218. The zero-order valence-corrected chi connectivity index (χ0v) is 9.04. The number of hydrogen-bond acceptors (Lipinski definition) is 3. The summed E-state index contributed by atoms with van der Waals surface area (Å²) in [5.41, 5.74) is 5.31. The van der Waals surface area contributed by atoms with Crippen LogP contribution in [0.15, 0.2) is 23.0 Å². The standard InChI is InChI=1S/C10H9ClFN3O/c11-10-14-8-5-6(12)1-2-7(8)9(16)15(10)4-3-13/h1-2,5H,3-4,13H2. The van der Waals surface area contributed by atoms with Crippen LogP contribution in [0.25, 0.3) is 10.9 Å². The molecule has 0 unspecified atom stereocenters. The number of aromatic nitrogens is 2. The Hall–Kier alpha value is -1.46. The molecule has 0 fully saturated rings. The summed E-state index contributed by atoms with van der Waals surface area (Å²) in [6.07, 6.45) is 0. The molecule has 2 N–H and O–H groups in total. The van der Waals surface area contributed by atoms with Crippen LogP contribution in [0.4, 0.5) is 4.39 Å². The topological polar surface area (TPSA) is 60.9 Å². The van der Waals surface area contributed by atoms with Crippen molar-refractivity contribution in [2.24, 2.45) is 5.73 Å². The maximum Gasteiger partial charge on any atom is 0.262 e. The Kier molecular flexibility index (Phi) is 2.89. The van der Waals surface area contributed by atoms with Gasteiger partial charge in [0.15, 0.2) is 0 Å². The first-order chi connectivity index (χ1) is 7.63. The van der Waals surface area contributed by atoms with Gasteiger partial charge in [-0.2, -0.15) is 0 Å². The van der Waals surface area contributed by atoms with Crippen molar-refractivity contribution in [1.82, 2.24) is 9.55 Å². The van der Waals surface area contributed by atoms with Crippen LogP contribution < -0.4 is 11.3 Å². The SMILES string of the molecule is NCCn1c(Cl)nc2cc(F)ccc2c1=O. The molecule has 0 atom stereocenters. The lowest BCUT2D eigenvalue weighted by atomic mass is 10.2. The first kappa shape index (κ1) is 11.0. The summed E-state index contributed by atoms with van der Waals surface area (Å²) < 4.78 is 14.2. The molecule has 0 saturated carbocycles. The van der Waals surface area contributed by atoms with Gasteiger partial charge < -0.3 is 5.73 Å². The lowest BCUT2D eigenvalue weighted by Gasteiger charge is -2.07. The molecule has 16 heavy (non-hydrogen) atoms. The Morgan fingerprint density at radius 3 is 2.94 bits per heavy atom. The molecule has 0 amide bonds. The molecule has 0 aliphatic heterocycles. The average Bonchev–Trinajstić information content (AvgIpc) is 2.23. The number of halogens is 2. The summed E-state index contributed by atoms with van der Waals surface area (Å²) >= 11 is 5.81. The molecule has 6 heteroatoms. The van der Waals surface area contributed by atoms with Crippen LogP contribution >= 0.6 is 11.6 Å². The van der Waals surface area contributed by atoms with Crippen LogP contribution in [-0.4, -0.2) is 16.1 Å². The summed E-state index contributed by atoms with van der Waals surface area (Å²) in [7, 11) is 0. The minimum Gasteiger partial charge on any atom is -0.329 e. The van der Waals surface area contributed by atoms with Crippen LogP contribution in [0.5, 0.6) is 0 Å². The van der Waals surface area contributed by atoms with E-state index in [0.29, 0.717) is 5.39 Å². The predicted molar refractivity (Wildman–Crippen MR) is 60.0 cm³/mol. The van der Waals surface area contributed by atoms with Crippen molar-refractivity contribution >= 4 is 22.5 Å². The Morgan fingerprint density at radius 1 is 1.50 bits per heavy atom. The maximum absolute atomic E-state index is 12.9. The molecule has 4 nitrogen and oxygen atoms in total. The zero-order chi connectivity index (χ0) is 11.7. The molecule has 0 saturated heterocycles. The summed E-state index contributed by atoms with van der Waals surface area (Å²) in [6, 6.07) is 3.78. The number of nitrogens with two attached hydrogens (primary N) is 1. The molecular formula is C10H9ClFN3O. The molecule has 0 aliphatic rings. The minimum atomic E-state index is -0.452. The van der Waals surface area contributed by atoms with E-state index in [-0.39, 0.29) is 29.4 Å². The van der Waals surface area contributed by atoms with Crippen LogP contribution in [0.3, 0.4) is 0 Å². The van der Waals surface area contributed by atoms with Crippen LogP contribution in [0.2, 0.25) is 5.28 Å². The summed E-state index contributed by atoms with van der Waals surface area (Å²) in [6.45, 7) is 0.575. The van der Waals surface area contributed by atoms with Crippen molar-refractivity contribution < 1.29 is 4.39 Å². The fourth-order valence-corrected chi connectivity index (χ4v) is 1.74. The van der Waals surface area contributed by atoms with Crippen molar-refractivity contribution in [2.75, 3.05) is 6.54 Å². The van der Waals surface area contributed by atoms with E-state index < -0.39 is 5.82 Å². The third-order valence-corrected chi connectivity index (χ3v) is 2.51. The van der Waals surface area contributed by atoms with Crippen LogP contribution in [0, 0.1) is 5.82 Å². The first-order valence-electron chi connectivity index (χ1n) is 4.69. The highest BCUT2D eigenvalue weighted by Gasteiger charge is 2.09. The maximum atomic E-state index is 12.9. The molecular weight excluding hydrogens is 233 g/mol. The number of fused-ring (bicyclic) bond motifs is 1. The molecule has 0 bridgehead atoms. The monoisotopic (exact) mass is 241 g/mol. The molecule has 84 valence electrons. The van der Waals surface area contributed by atoms with E-state index in [1.807, 2.05) is 0 Å². The van der Waals surface area contributed by atoms with E-state index >= 15 is 0 Å². The van der Waals surface area contributed by atoms with Crippen molar-refractivity contribution in [1.29, 1.82) is 0 Å². The van der Waals surface area contributed by atoms with Crippen LogP contribution in [0.1, 0.15) is 0 Å². The highest BCUT2D eigenvalue weighted by atomic mass is 35.5. The van der Waals surface area contributed by atoms with Crippen molar-refractivity contribution in [2.45, 2.75) is 6.54 Å². The third-order valence-electron chi connectivity index (χ3n) is 2.22. The van der Waals surface area contributed by atoms with Crippen molar-refractivity contribution in [3.63, 3.8) is 0 Å². The number of nitrogens with zero attached hydrogens (tertiary/aromatic N) is 2. The molecule has 1 heterocycles. The largest absolute Gasteiger partial charge is 0.329 e. The van der Waals surface area contributed by atoms with Gasteiger partial charge in [0.1, 0.15) is 5.82 Å². The molecule has 1 aromatic heterocycles. The lowest BCUT2D eigenvalue weighted by Crippen LogP contribution is -2.25. The van der Waals surface area contributed by atoms with Crippen molar-refractivity contribution in [3.8, 4) is 0 Å². The van der Waals surface area contributed by atoms with E-state index in [4.69, 9.17) is 17.3 Å². The third kappa shape index (κ3) is 1.79. The van der Waals surface area contributed by atoms with Gasteiger partial charge in [0.25, 0.3) is 5.56 Å². The quantitative estimate of drug-likeness (QED) is 0.803. The molecule has 0 spiro atoms. The van der Waals surface area contributed by atoms with E-state index in [0.717, 1.165) is 0 Å². The number of benzene rings is 1. The average molecular weight is 242 g/mol. The second-order valence-electron chi connectivity index (χ2n) is 3.29. The number of rotatable bonds is 2. The van der Waals surface area contributed by atoms with Gasteiger partial charge in [-0.15, -0.1) is 0 Å². The summed E-state index contributed by atoms with van der Waals surface area (Å²) in [4.78, 5) is 15.9. The fraction of sp³-hybridized carbons (Fsp3) is 0.200. The Morgan fingerprint density at radius 2 is 2.25 bits per heavy atom. The van der Waals surface area contributed by atoms with Crippen molar-refractivity contribution in [3.05, 3.63) is 39.7 Å². The highest BCUT2D eigenvalue weighted by Crippen LogP contribution is 2.12. The van der Waals surface area contributed by atoms with Gasteiger partial charge in [-0.25, -0.2) is 9.37 Å². The van der Waals surface area contributed by atoms with Gasteiger partial charge >= 0.3 is 0 Å². The van der Waals surface area contributed by atoms with E-state index in [1.54, 1.807) is 0 Å². The Labute approximate surface area is 95.5 Å². The summed E-state index contributed by atoms with van der Waals surface area (Å²) in [5.74, 6) is -0.452. The molecule has 0 aliphatic carbocycles. The van der Waals surface area contributed by atoms with Gasteiger partial charge in [0.2, 0.25) is 5.28 Å². The normalized spacial score (nSPS) is 10.9. The Bertz CT molecular complexity index is 596. The predicted octanol–water partition coefficient (Wildman–Crippen LogP) is 1.15. The van der Waals surface area contributed by atoms with E-state index in [9.17, 15) is 9.18 Å². The van der Waals surface area contributed by atoms with E-state index in [2.05, 4.69) is 4.98 Å². The smallest absolute Gasteiger partial charge is 0.262 e. The highest BCUT2D eigenvalue weighted by molar-refractivity contribution is 6.28. The number of hydrogen-bond donors (Lipinski definition) is 1. The van der Waals surface area contributed by atoms with Gasteiger partial charge in [-0.05, 0) is 23.7 Å². The summed E-state index contributed by atoms with van der Waals surface area (Å²) in [5, 5.41) is 0.354. The van der Waals surface area contributed by atoms with Gasteiger partial charge in [-0.3, -0.25) is 9.36 Å². The molecule has 0 radical (unpaired) electrons. The molecule has 1 aromatic carbocycles. The van der Waals surface area contributed by atoms with E-state index in [1.165, 1.54) is 22.8 Å². The zero-order valence-electron chi connectivity index (χ0n) is 8.28. The van der Waals surface area contributed by atoms with Gasteiger partial charge in [-0.1, -0.05) is 0 Å². The van der Waals surface area contributed by atoms with Gasteiger partial charge in [0, 0.05) is 19.2 Å². The molecule has 2 rings (SSSR count).